The molecule has 4 nitrogen and oxygen atoms in total. The van der Waals surface area contributed by atoms with E-state index in [1.807, 2.05) is 30.5 Å². The average molecular weight is 196 g/mol. The molecule has 2 aromatic rings. The molecule has 0 spiro atoms. The van der Waals surface area contributed by atoms with Crippen molar-refractivity contribution in [3.8, 4) is 11.8 Å². The number of hydrogen-bond donors (Lipinski definition) is 1. The van der Waals surface area contributed by atoms with Gasteiger partial charge in [0.2, 0.25) is 0 Å². The molecule has 72 valence electrons. The van der Waals surface area contributed by atoms with Crippen LogP contribution in [0.2, 0.25) is 0 Å². The van der Waals surface area contributed by atoms with Crippen molar-refractivity contribution in [2.45, 2.75) is 0 Å². The lowest BCUT2D eigenvalue weighted by Crippen LogP contribution is -1.75. The third-order valence-corrected chi connectivity index (χ3v) is 2.00. The SMILES string of the molecule is [N-]=[N+]=NCC#Cc1ccc2[nH]ccc2c1. The zero-order valence-electron chi connectivity index (χ0n) is 7.94. The number of rotatable bonds is 1. The van der Waals surface area contributed by atoms with Gasteiger partial charge < -0.3 is 4.98 Å². The fraction of sp³-hybridized carbons (Fsp3) is 0.0909. The Kier molecular flexibility index (Phi) is 2.59. The Morgan fingerprint density at radius 1 is 1.40 bits per heavy atom. The monoisotopic (exact) mass is 196 g/mol. The van der Waals surface area contributed by atoms with Crippen LogP contribution >= 0.6 is 0 Å². The standard InChI is InChI=1S/C11H8N4/c12-15-14-6-1-2-9-3-4-11-10(8-9)5-7-13-11/h3-5,7-8,13H,6H2. The number of nitrogens with one attached hydrogen (secondary N) is 1. The van der Waals surface area contributed by atoms with Crippen molar-refractivity contribution in [2.75, 3.05) is 6.54 Å². The number of fused-ring (bicyclic) bond motifs is 1. The molecular weight excluding hydrogens is 188 g/mol. The summed E-state index contributed by atoms with van der Waals surface area (Å²) in [5.41, 5.74) is 10.1. The van der Waals surface area contributed by atoms with E-state index in [0.29, 0.717) is 0 Å². The highest BCUT2D eigenvalue weighted by Gasteiger charge is 1.93. The fourth-order valence-electron chi connectivity index (χ4n) is 1.34. The van der Waals surface area contributed by atoms with Crippen LogP contribution in [0, 0.1) is 11.8 Å². The summed E-state index contributed by atoms with van der Waals surface area (Å²) in [5.74, 6) is 5.71. The third kappa shape index (κ3) is 2.11. The number of hydrogen-bond acceptors (Lipinski definition) is 1. The zero-order chi connectivity index (χ0) is 10.5. The Morgan fingerprint density at radius 2 is 2.33 bits per heavy atom. The summed E-state index contributed by atoms with van der Waals surface area (Å²) < 4.78 is 0. The summed E-state index contributed by atoms with van der Waals surface area (Å²) in [7, 11) is 0. The van der Waals surface area contributed by atoms with E-state index in [1.54, 1.807) is 0 Å². The zero-order valence-corrected chi connectivity index (χ0v) is 7.94. The molecule has 2 rings (SSSR count). The first kappa shape index (κ1) is 9.20. The first-order chi connectivity index (χ1) is 7.40. The van der Waals surface area contributed by atoms with Crippen LogP contribution < -0.4 is 0 Å². The number of benzene rings is 1. The lowest BCUT2D eigenvalue weighted by molar-refractivity contribution is 1.25. The number of nitrogens with zero attached hydrogens (tertiary/aromatic N) is 3. The summed E-state index contributed by atoms with van der Waals surface area (Å²) in [6, 6.07) is 7.90. The van der Waals surface area contributed by atoms with Gasteiger partial charge in [-0.25, -0.2) is 0 Å². The molecule has 0 aliphatic carbocycles. The minimum atomic E-state index is 0.210. The molecule has 0 saturated heterocycles. The number of aromatic amines is 1. The van der Waals surface area contributed by atoms with Crippen LogP contribution in [0.4, 0.5) is 0 Å². The predicted octanol–water partition coefficient (Wildman–Crippen LogP) is 2.83. The molecular formula is C11H8N4. The lowest BCUT2D eigenvalue weighted by atomic mass is 10.1. The van der Waals surface area contributed by atoms with Crippen LogP contribution in [0.15, 0.2) is 35.6 Å². The van der Waals surface area contributed by atoms with Gasteiger partial charge in [-0.1, -0.05) is 17.0 Å². The first-order valence-electron chi connectivity index (χ1n) is 4.47. The van der Waals surface area contributed by atoms with Crippen molar-refractivity contribution in [1.82, 2.24) is 4.98 Å². The summed E-state index contributed by atoms with van der Waals surface area (Å²) >= 11 is 0. The molecule has 0 aliphatic heterocycles. The summed E-state index contributed by atoms with van der Waals surface area (Å²) in [4.78, 5) is 5.73. The van der Waals surface area contributed by atoms with Gasteiger partial charge in [-0.2, -0.15) is 0 Å². The first-order valence-corrected chi connectivity index (χ1v) is 4.47. The molecule has 0 fully saturated rings. The van der Waals surface area contributed by atoms with Gasteiger partial charge in [-0.3, -0.25) is 0 Å². The van der Waals surface area contributed by atoms with Crippen molar-refractivity contribution in [3.63, 3.8) is 0 Å². The Morgan fingerprint density at radius 3 is 3.20 bits per heavy atom. The number of H-pyrrole nitrogens is 1. The molecule has 0 atom stereocenters. The van der Waals surface area contributed by atoms with Crippen molar-refractivity contribution in [1.29, 1.82) is 0 Å². The maximum absolute atomic E-state index is 8.06. The average Bonchev–Trinajstić information content (AvgIpc) is 2.71. The van der Waals surface area contributed by atoms with Gasteiger partial charge in [0.25, 0.3) is 0 Å². The molecule has 15 heavy (non-hydrogen) atoms. The van der Waals surface area contributed by atoms with Gasteiger partial charge in [0.1, 0.15) is 0 Å². The minimum absolute atomic E-state index is 0.210. The van der Waals surface area contributed by atoms with E-state index in [9.17, 15) is 0 Å². The second-order valence-corrected chi connectivity index (χ2v) is 2.97. The largest absolute Gasteiger partial charge is 0.361 e. The van der Waals surface area contributed by atoms with E-state index in [2.05, 4.69) is 26.9 Å². The molecule has 4 heteroatoms. The summed E-state index contributed by atoms with van der Waals surface area (Å²) in [6.07, 6.45) is 1.89. The smallest absolute Gasteiger partial charge is 0.0880 e. The quantitative estimate of drug-likeness (QED) is 0.315. The van der Waals surface area contributed by atoms with Crippen molar-refractivity contribution in [3.05, 3.63) is 46.5 Å². The molecule has 1 heterocycles. The van der Waals surface area contributed by atoms with Crippen LogP contribution in [0.3, 0.4) is 0 Å². The molecule has 1 aromatic carbocycles. The van der Waals surface area contributed by atoms with Crippen molar-refractivity contribution >= 4 is 10.9 Å². The maximum atomic E-state index is 8.06. The van der Waals surface area contributed by atoms with Crippen LogP contribution in [0.5, 0.6) is 0 Å². The van der Waals surface area contributed by atoms with Gasteiger partial charge in [0, 0.05) is 27.6 Å². The van der Waals surface area contributed by atoms with Crippen LogP contribution in [0.25, 0.3) is 21.3 Å². The highest BCUT2D eigenvalue weighted by Crippen LogP contribution is 2.13. The van der Waals surface area contributed by atoms with E-state index >= 15 is 0 Å². The summed E-state index contributed by atoms with van der Waals surface area (Å²) in [5, 5.41) is 4.47. The molecule has 0 unspecified atom stereocenters. The second kappa shape index (κ2) is 4.23. The fourth-order valence-corrected chi connectivity index (χ4v) is 1.34. The molecule has 0 saturated carbocycles. The molecule has 0 aliphatic rings. The number of aromatic nitrogens is 1. The highest BCUT2D eigenvalue weighted by molar-refractivity contribution is 5.80. The highest BCUT2D eigenvalue weighted by atomic mass is 15.1. The van der Waals surface area contributed by atoms with Crippen LogP contribution in [0.1, 0.15) is 5.56 Å². The van der Waals surface area contributed by atoms with Gasteiger partial charge >= 0.3 is 0 Å². The minimum Gasteiger partial charge on any atom is -0.361 e. The second-order valence-electron chi connectivity index (χ2n) is 2.97. The van der Waals surface area contributed by atoms with E-state index in [4.69, 9.17) is 5.53 Å². The van der Waals surface area contributed by atoms with E-state index in [0.717, 1.165) is 16.5 Å². The van der Waals surface area contributed by atoms with Gasteiger partial charge in [-0.05, 0) is 29.8 Å². The molecule has 0 amide bonds. The Labute approximate surface area is 86.6 Å². The van der Waals surface area contributed by atoms with E-state index in [1.165, 1.54) is 0 Å². The normalized spacial score (nSPS) is 9.07. The van der Waals surface area contributed by atoms with E-state index in [-0.39, 0.29) is 6.54 Å². The van der Waals surface area contributed by atoms with E-state index < -0.39 is 0 Å². The lowest BCUT2D eigenvalue weighted by Gasteiger charge is -1.90. The van der Waals surface area contributed by atoms with Crippen LogP contribution in [-0.2, 0) is 0 Å². The Balaban J connectivity index is 2.26. The predicted molar refractivity (Wildman–Crippen MR) is 59.2 cm³/mol. The topological polar surface area (TPSA) is 64.6 Å². The third-order valence-electron chi connectivity index (χ3n) is 2.00. The van der Waals surface area contributed by atoms with Crippen molar-refractivity contribution in [2.24, 2.45) is 5.11 Å². The number of azide groups is 1. The molecule has 1 aromatic heterocycles. The maximum Gasteiger partial charge on any atom is 0.0880 e. The van der Waals surface area contributed by atoms with Gasteiger partial charge in [-0.15, -0.1) is 0 Å². The van der Waals surface area contributed by atoms with Gasteiger partial charge in [0.15, 0.2) is 0 Å². The Hall–Kier alpha value is -2.37. The Bertz CT molecular complexity index is 579. The molecule has 1 N–H and O–H groups in total. The van der Waals surface area contributed by atoms with Crippen molar-refractivity contribution < 1.29 is 0 Å². The van der Waals surface area contributed by atoms with Gasteiger partial charge in [0.05, 0.1) is 6.54 Å². The van der Waals surface area contributed by atoms with Crippen LogP contribution in [-0.4, -0.2) is 11.5 Å². The molecule has 0 bridgehead atoms. The molecule has 0 radical (unpaired) electrons. The summed E-state index contributed by atoms with van der Waals surface area (Å²) in [6.45, 7) is 0.210.